The smallest absolute Gasteiger partial charge is 0.273 e. The minimum atomic E-state index is -0.280. The lowest BCUT2D eigenvalue weighted by Gasteiger charge is -2.25. The maximum Gasteiger partial charge on any atom is 0.273 e. The predicted molar refractivity (Wildman–Crippen MR) is 147 cm³/mol. The molecule has 4 heterocycles. The standard InChI is InChI=1S/C27H34N10O2/c1-17-22(14-29-33-17)32-26-28-9-7-21(31-26)19-5-6-20-18(13-19)8-10-36(11-12-38)15-23(20)30-25(39)24-16-37(35-34-24)27(2,3)4/h5-7,9,13-14,16,23,38H,8,10-12,15H2,1-4H3,(H,29,33)(H,30,39)(H,28,31,32)/t23-/m0/s1. The highest BCUT2D eigenvalue weighted by molar-refractivity contribution is 5.92. The van der Waals surface area contributed by atoms with Gasteiger partial charge in [0.15, 0.2) is 5.69 Å². The summed E-state index contributed by atoms with van der Waals surface area (Å²) in [6.45, 7) is 9.84. The van der Waals surface area contributed by atoms with Gasteiger partial charge < -0.3 is 15.7 Å². The monoisotopic (exact) mass is 530 g/mol. The Balaban J connectivity index is 1.41. The molecular formula is C27H34N10O2. The van der Waals surface area contributed by atoms with Crippen LogP contribution >= 0.6 is 0 Å². The number of aliphatic hydroxyl groups is 1. The largest absolute Gasteiger partial charge is 0.395 e. The van der Waals surface area contributed by atoms with Crippen LogP contribution in [0.15, 0.2) is 42.9 Å². The molecule has 0 aliphatic carbocycles. The number of nitrogens with one attached hydrogen (secondary N) is 3. The molecule has 1 aromatic carbocycles. The number of hydrogen-bond donors (Lipinski definition) is 4. The van der Waals surface area contributed by atoms with Crippen molar-refractivity contribution in [1.29, 1.82) is 0 Å². The number of hydrogen-bond acceptors (Lipinski definition) is 9. The molecule has 0 bridgehead atoms. The molecule has 1 atom stereocenters. The van der Waals surface area contributed by atoms with Crippen molar-refractivity contribution in [2.75, 3.05) is 31.6 Å². The minimum absolute atomic E-state index is 0.0506. The van der Waals surface area contributed by atoms with E-state index >= 15 is 0 Å². The van der Waals surface area contributed by atoms with Crippen LogP contribution in [0.2, 0.25) is 0 Å². The van der Waals surface area contributed by atoms with E-state index in [1.165, 1.54) is 0 Å². The van der Waals surface area contributed by atoms with E-state index in [2.05, 4.69) is 53.2 Å². The number of aliphatic hydroxyl groups excluding tert-OH is 1. The molecule has 1 amide bonds. The summed E-state index contributed by atoms with van der Waals surface area (Å²) in [4.78, 5) is 24.4. The van der Waals surface area contributed by atoms with Crippen molar-refractivity contribution < 1.29 is 9.90 Å². The van der Waals surface area contributed by atoms with Crippen molar-refractivity contribution >= 4 is 17.5 Å². The van der Waals surface area contributed by atoms with E-state index in [1.54, 1.807) is 23.3 Å². The number of H-pyrrole nitrogens is 1. The van der Waals surface area contributed by atoms with Crippen molar-refractivity contribution in [3.8, 4) is 11.3 Å². The number of amides is 1. The minimum Gasteiger partial charge on any atom is -0.395 e. The number of aromatic nitrogens is 7. The van der Waals surface area contributed by atoms with Gasteiger partial charge in [-0.3, -0.25) is 14.8 Å². The molecular weight excluding hydrogens is 496 g/mol. The summed E-state index contributed by atoms with van der Waals surface area (Å²) in [6.07, 6.45) is 5.94. The van der Waals surface area contributed by atoms with Gasteiger partial charge in [0, 0.05) is 37.6 Å². The normalized spacial score (nSPS) is 16.0. The number of carbonyl (C=O) groups excluding carboxylic acids is 1. The Morgan fingerprint density at radius 1 is 1.26 bits per heavy atom. The first-order chi connectivity index (χ1) is 18.7. The lowest BCUT2D eigenvalue weighted by atomic mass is 9.96. The summed E-state index contributed by atoms with van der Waals surface area (Å²) in [7, 11) is 0. The third kappa shape index (κ3) is 5.96. The molecule has 3 aromatic heterocycles. The van der Waals surface area contributed by atoms with Gasteiger partial charge in [0.05, 0.1) is 41.5 Å². The number of rotatable bonds is 7. The average molecular weight is 531 g/mol. The van der Waals surface area contributed by atoms with Gasteiger partial charge in [-0.2, -0.15) is 5.10 Å². The Morgan fingerprint density at radius 2 is 2.10 bits per heavy atom. The summed E-state index contributed by atoms with van der Waals surface area (Å²) < 4.78 is 1.69. The fourth-order valence-corrected chi connectivity index (χ4v) is 4.63. The van der Waals surface area contributed by atoms with Gasteiger partial charge in [-0.05, 0) is 57.4 Å². The van der Waals surface area contributed by atoms with Crippen molar-refractivity contribution in [2.24, 2.45) is 0 Å². The average Bonchev–Trinajstić information content (AvgIpc) is 3.53. The third-order valence-corrected chi connectivity index (χ3v) is 6.82. The van der Waals surface area contributed by atoms with Crippen LogP contribution in [-0.2, 0) is 12.0 Å². The molecule has 0 spiro atoms. The van der Waals surface area contributed by atoms with Crippen LogP contribution in [0.4, 0.5) is 11.6 Å². The number of carbonyl (C=O) groups is 1. The first kappa shape index (κ1) is 26.4. The molecule has 12 nitrogen and oxygen atoms in total. The molecule has 4 aromatic rings. The van der Waals surface area contributed by atoms with Crippen molar-refractivity contribution in [2.45, 2.75) is 45.7 Å². The Labute approximate surface area is 226 Å². The molecule has 0 fully saturated rings. The van der Waals surface area contributed by atoms with E-state index in [-0.39, 0.29) is 29.8 Å². The summed E-state index contributed by atoms with van der Waals surface area (Å²) in [5.41, 5.74) is 5.55. The predicted octanol–water partition coefficient (Wildman–Crippen LogP) is 2.59. The molecule has 0 saturated carbocycles. The Hall–Kier alpha value is -4.16. The fourth-order valence-electron chi connectivity index (χ4n) is 4.63. The van der Waals surface area contributed by atoms with Gasteiger partial charge in [-0.15, -0.1) is 5.10 Å². The summed E-state index contributed by atoms with van der Waals surface area (Å²) in [5, 5.41) is 31.1. The first-order valence-electron chi connectivity index (χ1n) is 13.0. The summed E-state index contributed by atoms with van der Waals surface area (Å²) in [5.74, 6) is 0.201. The number of β-amino-alcohol motifs (C(OH)–C–C–N with tert-alkyl or cyclic N) is 1. The molecule has 0 saturated heterocycles. The lowest BCUT2D eigenvalue weighted by Crippen LogP contribution is -2.38. The molecule has 0 unspecified atom stereocenters. The van der Waals surface area contributed by atoms with Gasteiger partial charge in [-0.1, -0.05) is 17.3 Å². The lowest BCUT2D eigenvalue weighted by molar-refractivity contribution is 0.0917. The van der Waals surface area contributed by atoms with Crippen LogP contribution in [0.3, 0.4) is 0 Å². The maximum atomic E-state index is 13.2. The molecule has 0 radical (unpaired) electrons. The van der Waals surface area contributed by atoms with Gasteiger partial charge in [0.25, 0.3) is 5.91 Å². The van der Waals surface area contributed by atoms with Crippen molar-refractivity contribution in [1.82, 2.24) is 45.4 Å². The van der Waals surface area contributed by atoms with Crippen molar-refractivity contribution in [3.05, 3.63) is 65.4 Å². The van der Waals surface area contributed by atoms with Crippen LogP contribution in [0.25, 0.3) is 11.3 Å². The second-order valence-electron chi connectivity index (χ2n) is 10.7. The van der Waals surface area contributed by atoms with E-state index in [0.29, 0.717) is 19.0 Å². The number of fused-ring (bicyclic) bond motifs is 1. The number of anilines is 2. The van der Waals surface area contributed by atoms with Gasteiger partial charge >= 0.3 is 0 Å². The zero-order valence-electron chi connectivity index (χ0n) is 22.6. The summed E-state index contributed by atoms with van der Waals surface area (Å²) >= 11 is 0. The zero-order valence-corrected chi connectivity index (χ0v) is 22.6. The highest BCUT2D eigenvalue weighted by Crippen LogP contribution is 2.29. The van der Waals surface area contributed by atoms with Crippen LogP contribution in [0.5, 0.6) is 0 Å². The topological polar surface area (TPSA) is 150 Å². The number of aryl methyl sites for hydroxylation is 1. The molecule has 5 rings (SSSR count). The number of aromatic amines is 1. The number of benzene rings is 1. The zero-order chi connectivity index (χ0) is 27.6. The van der Waals surface area contributed by atoms with Gasteiger partial charge in [-0.25, -0.2) is 14.6 Å². The highest BCUT2D eigenvalue weighted by Gasteiger charge is 2.27. The van der Waals surface area contributed by atoms with E-state index in [4.69, 9.17) is 4.98 Å². The molecule has 204 valence electrons. The first-order valence-corrected chi connectivity index (χ1v) is 13.0. The molecule has 1 aliphatic heterocycles. The fraction of sp³-hybridized carbons (Fsp3) is 0.407. The molecule has 39 heavy (non-hydrogen) atoms. The Morgan fingerprint density at radius 3 is 2.82 bits per heavy atom. The Bertz CT molecular complexity index is 1450. The highest BCUT2D eigenvalue weighted by atomic mass is 16.3. The van der Waals surface area contributed by atoms with Crippen LogP contribution < -0.4 is 10.6 Å². The maximum absolute atomic E-state index is 13.2. The van der Waals surface area contributed by atoms with E-state index in [9.17, 15) is 9.90 Å². The third-order valence-electron chi connectivity index (χ3n) is 6.82. The second-order valence-corrected chi connectivity index (χ2v) is 10.7. The van der Waals surface area contributed by atoms with Crippen LogP contribution in [0, 0.1) is 6.92 Å². The molecule has 12 heteroatoms. The van der Waals surface area contributed by atoms with E-state index < -0.39 is 0 Å². The van der Waals surface area contributed by atoms with Gasteiger partial charge in [0.2, 0.25) is 5.95 Å². The molecule has 4 N–H and O–H groups in total. The SMILES string of the molecule is Cc1n[nH]cc1Nc1nccc(-c2ccc3c(c2)CCN(CCO)C[C@@H]3NC(=O)c2cn(C(C)(C)C)nn2)n1. The number of nitrogens with zero attached hydrogens (tertiary/aromatic N) is 7. The van der Waals surface area contributed by atoms with E-state index in [0.717, 1.165) is 46.7 Å². The van der Waals surface area contributed by atoms with Crippen LogP contribution in [-0.4, -0.2) is 77.3 Å². The molecule has 1 aliphatic rings. The summed E-state index contributed by atoms with van der Waals surface area (Å²) in [6, 6.07) is 7.80. The quantitative estimate of drug-likeness (QED) is 0.283. The van der Waals surface area contributed by atoms with Crippen LogP contribution in [0.1, 0.15) is 54.1 Å². The second kappa shape index (κ2) is 10.9. The Kier molecular flexibility index (Phi) is 7.40. The van der Waals surface area contributed by atoms with Gasteiger partial charge in [0.1, 0.15) is 0 Å². The van der Waals surface area contributed by atoms with Crippen molar-refractivity contribution in [3.63, 3.8) is 0 Å². The van der Waals surface area contributed by atoms with E-state index in [1.807, 2.05) is 39.8 Å².